The van der Waals surface area contributed by atoms with Crippen molar-refractivity contribution in [2.45, 2.75) is 4.90 Å². The number of halogens is 1. The number of rotatable bonds is 6. The normalized spacial score (nSPS) is 10.7. The Bertz CT molecular complexity index is 1250. The topological polar surface area (TPSA) is 108 Å². The third kappa shape index (κ3) is 4.97. The molecular formula is C21H16BrN3O4S. The first-order valence-electron chi connectivity index (χ1n) is 8.60. The molecule has 0 heterocycles. The quantitative estimate of drug-likeness (QED) is 0.538. The van der Waals surface area contributed by atoms with Crippen LogP contribution in [0.3, 0.4) is 0 Å². The lowest BCUT2D eigenvalue weighted by molar-refractivity contribution is 0.102. The highest BCUT2D eigenvalue weighted by Gasteiger charge is 2.17. The summed E-state index contributed by atoms with van der Waals surface area (Å²) in [6.45, 7) is 0. The fourth-order valence-corrected chi connectivity index (χ4v) is 4.25. The van der Waals surface area contributed by atoms with Crippen molar-refractivity contribution in [1.82, 2.24) is 0 Å². The van der Waals surface area contributed by atoms with Gasteiger partial charge in [-0.1, -0.05) is 12.1 Å². The zero-order chi connectivity index (χ0) is 21.7. The molecule has 30 heavy (non-hydrogen) atoms. The lowest BCUT2D eigenvalue weighted by Gasteiger charge is -2.11. The lowest BCUT2D eigenvalue weighted by atomic mass is 10.2. The summed E-state index contributed by atoms with van der Waals surface area (Å²) < 4.78 is 33.7. The number of hydrogen-bond donors (Lipinski definition) is 2. The second kappa shape index (κ2) is 8.98. The second-order valence-electron chi connectivity index (χ2n) is 6.13. The standard InChI is InChI=1S/C21H16BrN3O4S/c1-29-20-9-8-17(12-19(20)22)25-30(27,28)18-7-3-5-15(11-18)21(26)24-16-6-2-4-14(10-16)13-23/h2-12,25H,1H3,(H,24,26). The maximum atomic E-state index is 12.8. The minimum Gasteiger partial charge on any atom is -0.496 e. The Balaban J connectivity index is 1.82. The molecule has 0 bridgehead atoms. The molecule has 0 fully saturated rings. The van der Waals surface area contributed by atoms with E-state index in [1.54, 1.807) is 36.4 Å². The fraction of sp³-hybridized carbons (Fsp3) is 0.0476. The van der Waals surface area contributed by atoms with Crippen LogP contribution in [0.1, 0.15) is 15.9 Å². The van der Waals surface area contributed by atoms with Gasteiger partial charge in [-0.3, -0.25) is 9.52 Å². The molecule has 7 nitrogen and oxygen atoms in total. The van der Waals surface area contributed by atoms with Gasteiger partial charge < -0.3 is 10.1 Å². The highest BCUT2D eigenvalue weighted by Crippen LogP contribution is 2.29. The summed E-state index contributed by atoms with van der Waals surface area (Å²) in [6, 6.07) is 18.9. The first kappa shape index (κ1) is 21.4. The average Bonchev–Trinajstić information content (AvgIpc) is 2.74. The highest BCUT2D eigenvalue weighted by molar-refractivity contribution is 9.10. The average molecular weight is 486 g/mol. The van der Waals surface area contributed by atoms with Gasteiger partial charge in [0.25, 0.3) is 15.9 Å². The van der Waals surface area contributed by atoms with E-state index in [1.165, 1.54) is 37.4 Å². The van der Waals surface area contributed by atoms with Crippen molar-refractivity contribution in [3.63, 3.8) is 0 Å². The van der Waals surface area contributed by atoms with E-state index in [-0.39, 0.29) is 10.5 Å². The van der Waals surface area contributed by atoms with Crippen LogP contribution in [0.15, 0.2) is 76.1 Å². The number of anilines is 2. The van der Waals surface area contributed by atoms with Gasteiger partial charge in [0.1, 0.15) is 5.75 Å². The molecule has 152 valence electrons. The zero-order valence-corrected chi connectivity index (χ0v) is 18.1. The van der Waals surface area contributed by atoms with E-state index < -0.39 is 15.9 Å². The number of carbonyl (C=O) groups excluding carboxylic acids is 1. The molecule has 0 saturated heterocycles. The molecule has 0 spiro atoms. The van der Waals surface area contributed by atoms with E-state index in [0.717, 1.165) is 0 Å². The molecule has 2 N–H and O–H groups in total. The molecule has 3 rings (SSSR count). The van der Waals surface area contributed by atoms with Gasteiger partial charge in [-0.2, -0.15) is 5.26 Å². The monoisotopic (exact) mass is 485 g/mol. The molecule has 1 amide bonds. The molecule has 0 radical (unpaired) electrons. The maximum Gasteiger partial charge on any atom is 0.261 e. The van der Waals surface area contributed by atoms with E-state index >= 15 is 0 Å². The number of ether oxygens (including phenoxy) is 1. The number of sulfonamides is 1. The Labute approximate surface area is 182 Å². The van der Waals surface area contributed by atoms with Gasteiger partial charge in [-0.05, 0) is 70.5 Å². The van der Waals surface area contributed by atoms with E-state index in [0.29, 0.717) is 27.2 Å². The summed E-state index contributed by atoms with van der Waals surface area (Å²) in [5.41, 5.74) is 1.34. The number of nitrogens with one attached hydrogen (secondary N) is 2. The van der Waals surface area contributed by atoms with E-state index in [1.807, 2.05) is 6.07 Å². The Kier molecular flexibility index (Phi) is 6.40. The molecular weight excluding hydrogens is 470 g/mol. The van der Waals surface area contributed by atoms with Crippen molar-refractivity contribution in [3.8, 4) is 11.8 Å². The zero-order valence-electron chi connectivity index (χ0n) is 15.7. The van der Waals surface area contributed by atoms with Gasteiger partial charge in [-0.25, -0.2) is 8.42 Å². The van der Waals surface area contributed by atoms with Crippen LogP contribution in [0.4, 0.5) is 11.4 Å². The number of carbonyl (C=O) groups is 1. The van der Waals surface area contributed by atoms with Crippen molar-refractivity contribution in [1.29, 1.82) is 5.26 Å². The van der Waals surface area contributed by atoms with Crippen LogP contribution >= 0.6 is 15.9 Å². The van der Waals surface area contributed by atoms with E-state index in [4.69, 9.17) is 10.00 Å². The number of benzene rings is 3. The van der Waals surface area contributed by atoms with E-state index in [2.05, 4.69) is 26.0 Å². The highest BCUT2D eigenvalue weighted by atomic mass is 79.9. The van der Waals surface area contributed by atoms with Crippen LogP contribution in [-0.2, 0) is 10.0 Å². The number of amides is 1. The van der Waals surface area contributed by atoms with Crippen LogP contribution in [0, 0.1) is 11.3 Å². The van der Waals surface area contributed by atoms with Crippen molar-refractivity contribution >= 4 is 43.2 Å². The Morgan fingerprint density at radius 2 is 1.80 bits per heavy atom. The SMILES string of the molecule is COc1ccc(NS(=O)(=O)c2cccc(C(=O)Nc3cccc(C#N)c3)c2)cc1Br. The predicted molar refractivity (Wildman–Crippen MR) is 117 cm³/mol. The summed E-state index contributed by atoms with van der Waals surface area (Å²) in [5.74, 6) is 0.0754. The lowest BCUT2D eigenvalue weighted by Crippen LogP contribution is -2.16. The maximum absolute atomic E-state index is 12.8. The first-order chi connectivity index (χ1) is 14.3. The van der Waals surface area contributed by atoms with Crippen molar-refractivity contribution in [3.05, 3.63) is 82.3 Å². The summed E-state index contributed by atoms with van der Waals surface area (Å²) in [7, 11) is -2.41. The van der Waals surface area contributed by atoms with Crippen LogP contribution in [-0.4, -0.2) is 21.4 Å². The molecule has 3 aromatic carbocycles. The molecule has 0 aliphatic heterocycles. The Morgan fingerprint density at radius 1 is 1.03 bits per heavy atom. The van der Waals surface area contributed by atoms with E-state index in [9.17, 15) is 13.2 Å². The molecule has 0 atom stereocenters. The van der Waals surface area contributed by atoms with Crippen molar-refractivity contribution in [2.24, 2.45) is 0 Å². The molecule has 3 aromatic rings. The van der Waals surface area contributed by atoms with Gasteiger partial charge >= 0.3 is 0 Å². The molecule has 0 aliphatic carbocycles. The van der Waals surface area contributed by atoms with Crippen LogP contribution in [0.2, 0.25) is 0 Å². The van der Waals surface area contributed by atoms with Crippen LogP contribution < -0.4 is 14.8 Å². The largest absolute Gasteiger partial charge is 0.496 e. The Morgan fingerprint density at radius 3 is 2.50 bits per heavy atom. The number of hydrogen-bond acceptors (Lipinski definition) is 5. The Hall–Kier alpha value is -3.35. The molecule has 0 saturated carbocycles. The minimum atomic E-state index is -3.92. The smallest absolute Gasteiger partial charge is 0.261 e. The summed E-state index contributed by atoms with van der Waals surface area (Å²) in [6.07, 6.45) is 0. The molecule has 0 aromatic heterocycles. The van der Waals surface area contributed by atoms with Gasteiger partial charge in [0.2, 0.25) is 0 Å². The predicted octanol–water partition coefficient (Wildman–Crippen LogP) is 4.38. The van der Waals surface area contributed by atoms with Crippen molar-refractivity contribution < 1.29 is 17.9 Å². The van der Waals surface area contributed by atoms with Crippen molar-refractivity contribution in [2.75, 3.05) is 17.1 Å². The van der Waals surface area contributed by atoms with Gasteiger partial charge in [-0.15, -0.1) is 0 Å². The number of nitriles is 1. The number of nitrogens with zero attached hydrogens (tertiary/aromatic N) is 1. The first-order valence-corrected chi connectivity index (χ1v) is 10.9. The number of methoxy groups -OCH3 is 1. The summed E-state index contributed by atoms with van der Waals surface area (Å²) in [4.78, 5) is 12.5. The van der Waals surface area contributed by atoms with Crippen LogP contribution in [0.25, 0.3) is 0 Å². The minimum absolute atomic E-state index is 0.0622. The molecule has 0 unspecified atom stereocenters. The third-order valence-electron chi connectivity index (χ3n) is 4.06. The molecule has 9 heteroatoms. The summed E-state index contributed by atoms with van der Waals surface area (Å²) in [5, 5.41) is 11.6. The third-order valence-corrected chi connectivity index (χ3v) is 6.06. The second-order valence-corrected chi connectivity index (χ2v) is 8.67. The van der Waals surface area contributed by atoms with Gasteiger partial charge in [0.05, 0.1) is 33.8 Å². The van der Waals surface area contributed by atoms with Crippen LogP contribution in [0.5, 0.6) is 5.75 Å². The fourth-order valence-electron chi connectivity index (χ4n) is 2.62. The van der Waals surface area contributed by atoms with Gasteiger partial charge in [0.15, 0.2) is 0 Å². The van der Waals surface area contributed by atoms with Gasteiger partial charge in [0, 0.05) is 11.3 Å². The summed E-state index contributed by atoms with van der Waals surface area (Å²) >= 11 is 3.31. The molecule has 0 aliphatic rings.